The second-order valence-corrected chi connectivity index (χ2v) is 5.38. The smallest absolute Gasteiger partial charge is 0.269 e. The van der Waals surface area contributed by atoms with Crippen LogP contribution in [0.4, 0.5) is 5.69 Å². The maximum atomic E-state index is 11.3. The van der Waals surface area contributed by atoms with E-state index in [0.29, 0.717) is 19.1 Å². The first-order valence-corrected chi connectivity index (χ1v) is 6.74. The van der Waals surface area contributed by atoms with E-state index in [9.17, 15) is 14.9 Å². The lowest BCUT2D eigenvalue weighted by atomic mass is 9.92. The van der Waals surface area contributed by atoms with Crippen LogP contribution in [0.5, 0.6) is 0 Å². The van der Waals surface area contributed by atoms with Crippen LogP contribution in [0.25, 0.3) is 0 Å². The Morgan fingerprint density at radius 3 is 2.60 bits per heavy atom. The van der Waals surface area contributed by atoms with Crippen molar-refractivity contribution >= 4 is 11.6 Å². The van der Waals surface area contributed by atoms with Gasteiger partial charge in [-0.15, -0.1) is 0 Å². The Labute approximate surface area is 117 Å². The fourth-order valence-corrected chi connectivity index (χ4v) is 2.59. The summed E-state index contributed by atoms with van der Waals surface area (Å²) in [7, 11) is 0. The summed E-state index contributed by atoms with van der Waals surface area (Å²) in [6.07, 6.45) is 1.79. The number of nitro benzene ring substituents is 1. The second-order valence-electron chi connectivity index (χ2n) is 5.38. The maximum Gasteiger partial charge on any atom is 0.269 e. The zero-order chi connectivity index (χ0) is 14.7. The SMILES string of the molecule is C[C@@H]1CC[C@@H](C(N)=O)CN1Cc1ccc([N+](=O)[O-])cc1. The molecule has 108 valence electrons. The fourth-order valence-electron chi connectivity index (χ4n) is 2.59. The zero-order valence-electron chi connectivity index (χ0n) is 11.5. The van der Waals surface area contributed by atoms with Crippen LogP contribution < -0.4 is 5.73 Å². The maximum absolute atomic E-state index is 11.3. The van der Waals surface area contributed by atoms with Crippen molar-refractivity contribution in [3.63, 3.8) is 0 Å². The second kappa shape index (κ2) is 6.00. The van der Waals surface area contributed by atoms with Crippen LogP contribution in [0.1, 0.15) is 25.3 Å². The minimum absolute atomic E-state index is 0.0930. The van der Waals surface area contributed by atoms with Crippen molar-refractivity contribution in [1.29, 1.82) is 0 Å². The van der Waals surface area contributed by atoms with E-state index >= 15 is 0 Å². The third-order valence-electron chi connectivity index (χ3n) is 3.95. The molecular weight excluding hydrogens is 258 g/mol. The van der Waals surface area contributed by atoms with Crippen molar-refractivity contribution in [3.05, 3.63) is 39.9 Å². The number of piperidine rings is 1. The molecule has 2 N–H and O–H groups in total. The number of hydrogen-bond acceptors (Lipinski definition) is 4. The first-order valence-electron chi connectivity index (χ1n) is 6.74. The van der Waals surface area contributed by atoms with Crippen LogP contribution in [-0.2, 0) is 11.3 Å². The summed E-state index contributed by atoms with van der Waals surface area (Å²) in [6.45, 7) is 3.47. The van der Waals surface area contributed by atoms with E-state index in [1.54, 1.807) is 12.1 Å². The van der Waals surface area contributed by atoms with Crippen LogP contribution in [0.2, 0.25) is 0 Å². The fraction of sp³-hybridized carbons (Fsp3) is 0.500. The van der Waals surface area contributed by atoms with E-state index in [1.807, 2.05) is 0 Å². The molecule has 0 spiro atoms. The number of hydrogen-bond donors (Lipinski definition) is 1. The van der Waals surface area contributed by atoms with Gasteiger partial charge >= 0.3 is 0 Å². The Bertz CT molecular complexity index is 501. The number of nitrogens with two attached hydrogens (primary N) is 1. The lowest BCUT2D eigenvalue weighted by molar-refractivity contribution is -0.384. The molecular formula is C14H19N3O3. The Hall–Kier alpha value is -1.95. The highest BCUT2D eigenvalue weighted by Gasteiger charge is 2.28. The molecule has 1 saturated heterocycles. The Morgan fingerprint density at radius 1 is 1.40 bits per heavy atom. The number of benzene rings is 1. The largest absolute Gasteiger partial charge is 0.369 e. The summed E-state index contributed by atoms with van der Waals surface area (Å²) >= 11 is 0. The van der Waals surface area contributed by atoms with E-state index in [0.717, 1.165) is 18.4 Å². The minimum atomic E-state index is -0.406. The molecule has 1 heterocycles. The van der Waals surface area contributed by atoms with Gasteiger partial charge in [-0.05, 0) is 25.3 Å². The highest BCUT2D eigenvalue weighted by atomic mass is 16.6. The number of nitrogens with zero attached hydrogens (tertiary/aromatic N) is 2. The normalized spacial score (nSPS) is 23.4. The number of amides is 1. The molecule has 1 aromatic rings. The molecule has 2 atom stereocenters. The lowest BCUT2D eigenvalue weighted by Crippen LogP contribution is -2.45. The van der Waals surface area contributed by atoms with Crippen molar-refractivity contribution in [2.75, 3.05) is 6.54 Å². The van der Waals surface area contributed by atoms with Gasteiger partial charge in [0.2, 0.25) is 5.91 Å². The number of carbonyl (C=O) groups is 1. The van der Waals surface area contributed by atoms with E-state index in [-0.39, 0.29) is 17.5 Å². The van der Waals surface area contributed by atoms with Crippen LogP contribution in [0, 0.1) is 16.0 Å². The van der Waals surface area contributed by atoms with Gasteiger partial charge in [0.05, 0.1) is 10.8 Å². The molecule has 1 aromatic carbocycles. The summed E-state index contributed by atoms with van der Waals surface area (Å²) in [5.74, 6) is -0.338. The van der Waals surface area contributed by atoms with Crippen molar-refractivity contribution in [1.82, 2.24) is 4.90 Å². The van der Waals surface area contributed by atoms with Crippen LogP contribution in [-0.4, -0.2) is 28.3 Å². The molecule has 0 aromatic heterocycles. The molecule has 0 bridgehead atoms. The van der Waals surface area contributed by atoms with E-state index < -0.39 is 4.92 Å². The quantitative estimate of drug-likeness (QED) is 0.669. The third kappa shape index (κ3) is 3.33. The molecule has 0 radical (unpaired) electrons. The summed E-state index contributed by atoms with van der Waals surface area (Å²) < 4.78 is 0. The first kappa shape index (κ1) is 14.5. The molecule has 20 heavy (non-hydrogen) atoms. The Morgan fingerprint density at radius 2 is 2.05 bits per heavy atom. The highest BCUT2D eigenvalue weighted by molar-refractivity contribution is 5.76. The van der Waals surface area contributed by atoms with Gasteiger partial charge < -0.3 is 5.73 Å². The number of carbonyl (C=O) groups excluding carboxylic acids is 1. The van der Waals surface area contributed by atoms with E-state index in [2.05, 4.69) is 11.8 Å². The Balaban J connectivity index is 2.03. The molecule has 6 nitrogen and oxygen atoms in total. The molecule has 6 heteroatoms. The van der Waals surface area contributed by atoms with E-state index in [1.165, 1.54) is 12.1 Å². The van der Waals surface area contributed by atoms with Crippen LogP contribution in [0.3, 0.4) is 0 Å². The average molecular weight is 277 g/mol. The number of primary amides is 1. The van der Waals surface area contributed by atoms with Gasteiger partial charge in [-0.3, -0.25) is 19.8 Å². The zero-order valence-corrected chi connectivity index (χ0v) is 11.5. The summed E-state index contributed by atoms with van der Waals surface area (Å²) in [5.41, 5.74) is 6.48. The first-order chi connectivity index (χ1) is 9.47. The molecule has 0 unspecified atom stereocenters. The molecule has 2 rings (SSSR count). The summed E-state index contributed by atoms with van der Waals surface area (Å²) in [6, 6.07) is 6.93. The molecule has 0 saturated carbocycles. The molecule has 1 aliphatic rings. The third-order valence-corrected chi connectivity index (χ3v) is 3.95. The number of nitro groups is 1. The molecule has 0 aliphatic carbocycles. The lowest BCUT2D eigenvalue weighted by Gasteiger charge is -2.36. The molecule has 1 amide bonds. The predicted molar refractivity (Wildman–Crippen MR) is 74.9 cm³/mol. The van der Waals surface area contributed by atoms with Crippen molar-refractivity contribution in [2.45, 2.75) is 32.4 Å². The molecule has 1 fully saturated rings. The van der Waals surface area contributed by atoms with Crippen LogP contribution >= 0.6 is 0 Å². The van der Waals surface area contributed by atoms with Gasteiger partial charge in [0.15, 0.2) is 0 Å². The Kier molecular flexibility index (Phi) is 4.34. The van der Waals surface area contributed by atoms with E-state index in [4.69, 9.17) is 5.73 Å². The van der Waals surface area contributed by atoms with Gasteiger partial charge in [-0.1, -0.05) is 12.1 Å². The monoisotopic (exact) mass is 277 g/mol. The number of non-ortho nitro benzene ring substituents is 1. The average Bonchev–Trinajstić information content (AvgIpc) is 2.41. The standard InChI is InChI=1S/C14H19N3O3/c1-10-2-5-12(14(15)18)9-16(10)8-11-3-6-13(7-4-11)17(19)20/h3-4,6-7,10,12H,2,5,8-9H2,1H3,(H2,15,18)/t10-,12-/m1/s1. The van der Waals surface area contributed by atoms with Gasteiger partial charge in [0, 0.05) is 31.3 Å². The van der Waals surface area contributed by atoms with Crippen LogP contribution in [0.15, 0.2) is 24.3 Å². The predicted octanol–water partition coefficient (Wildman–Crippen LogP) is 1.68. The summed E-state index contributed by atoms with van der Waals surface area (Å²) in [4.78, 5) is 23.7. The van der Waals surface area contributed by atoms with Crippen molar-refractivity contribution in [2.24, 2.45) is 11.7 Å². The van der Waals surface area contributed by atoms with Gasteiger partial charge in [-0.25, -0.2) is 0 Å². The van der Waals surface area contributed by atoms with Crippen molar-refractivity contribution < 1.29 is 9.72 Å². The van der Waals surface area contributed by atoms with Crippen molar-refractivity contribution in [3.8, 4) is 0 Å². The highest BCUT2D eigenvalue weighted by Crippen LogP contribution is 2.24. The van der Waals surface area contributed by atoms with Gasteiger partial charge in [0.25, 0.3) is 5.69 Å². The number of likely N-dealkylation sites (tertiary alicyclic amines) is 1. The van der Waals surface area contributed by atoms with Gasteiger partial charge in [0.1, 0.15) is 0 Å². The number of rotatable bonds is 4. The van der Waals surface area contributed by atoms with Gasteiger partial charge in [-0.2, -0.15) is 0 Å². The summed E-state index contributed by atoms with van der Waals surface area (Å²) in [5, 5.41) is 10.6. The molecule has 1 aliphatic heterocycles. The topological polar surface area (TPSA) is 89.5 Å². The minimum Gasteiger partial charge on any atom is -0.369 e.